The number of aromatic nitrogens is 3. The zero-order chi connectivity index (χ0) is 41.9. The Hall–Kier alpha value is -6.13. The number of hydrogen-bond donors (Lipinski definition) is 0. The van der Waals surface area contributed by atoms with E-state index in [0.29, 0.717) is 21.9 Å². The van der Waals surface area contributed by atoms with Crippen molar-refractivity contribution in [2.45, 2.75) is 0 Å². The molecule has 2 aromatic heterocycles. The summed E-state index contributed by atoms with van der Waals surface area (Å²) in [5, 5.41) is 2.06. The predicted molar refractivity (Wildman–Crippen MR) is 184 cm³/mol. The Balaban J connectivity index is 1.31. The van der Waals surface area contributed by atoms with Gasteiger partial charge >= 0.3 is 0 Å². The number of furan rings is 1. The lowest BCUT2D eigenvalue weighted by molar-refractivity contribution is 0.669. The largest absolute Gasteiger partial charge is 0.456 e. The molecule has 0 aliphatic rings. The molecule has 45 heavy (non-hydrogen) atoms. The van der Waals surface area contributed by atoms with Gasteiger partial charge in [0.15, 0.2) is 17.5 Å². The molecule has 2 heterocycles. The van der Waals surface area contributed by atoms with Crippen LogP contribution in [0.3, 0.4) is 0 Å². The fraction of sp³-hybridized carbons (Fsp3) is 0. The molecule has 0 spiro atoms. The van der Waals surface area contributed by atoms with Crippen LogP contribution in [0.15, 0.2) is 156 Å². The Kier molecular flexibility index (Phi) is 3.43. The van der Waals surface area contributed by atoms with Crippen molar-refractivity contribution in [3.63, 3.8) is 0 Å². The van der Waals surface area contributed by atoms with Gasteiger partial charge in [0.2, 0.25) is 0 Å². The maximum Gasteiger partial charge on any atom is 0.164 e. The van der Waals surface area contributed by atoms with Crippen molar-refractivity contribution in [1.82, 2.24) is 15.0 Å². The SMILES string of the molecule is [2H]c1cc([2H])c2oc3c([2H])cc([2H])c(-c4nc(-c5ccc6cc(-c7c([2H])c([2H])c([2H])c([2H])c7[2H])ccc6c5)nc(-c5cc6c([2H])c([2H])c([2H])cc6c([2H])c5[2H])n4)c3c2c1. The molecule has 4 nitrogen and oxygen atoms in total. The van der Waals surface area contributed by atoms with Crippen LogP contribution in [0.4, 0.5) is 0 Å². The third kappa shape index (κ3) is 4.43. The van der Waals surface area contributed by atoms with Crippen molar-refractivity contribution >= 4 is 43.5 Å². The highest BCUT2D eigenvalue weighted by molar-refractivity contribution is 6.11. The predicted octanol–water partition coefficient (Wildman–Crippen LogP) is 10.7. The molecule has 0 bridgehead atoms. The first-order valence-corrected chi connectivity index (χ1v) is 13.9. The smallest absolute Gasteiger partial charge is 0.164 e. The van der Waals surface area contributed by atoms with Gasteiger partial charge in [0.1, 0.15) is 11.2 Å². The van der Waals surface area contributed by atoms with E-state index in [1.165, 1.54) is 30.3 Å². The van der Waals surface area contributed by atoms with E-state index in [0.717, 1.165) is 0 Å². The second-order valence-corrected chi connectivity index (χ2v) is 10.2. The van der Waals surface area contributed by atoms with E-state index in [1.54, 1.807) is 36.4 Å². The number of benzene rings is 7. The summed E-state index contributed by atoms with van der Waals surface area (Å²) in [5.41, 5.74) is 1.10. The molecule has 0 aliphatic carbocycles. The van der Waals surface area contributed by atoms with E-state index in [1.807, 2.05) is 0 Å². The number of para-hydroxylation sites is 1. The molecule has 7 aromatic carbocycles. The van der Waals surface area contributed by atoms with Gasteiger partial charge in [-0.15, -0.1) is 0 Å². The van der Waals surface area contributed by atoms with Crippen molar-refractivity contribution in [3.8, 4) is 45.3 Å². The highest BCUT2D eigenvalue weighted by Gasteiger charge is 2.18. The minimum absolute atomic E-state index is 0.000841. The highest BCUT2D eigenvalue weighted by Crippen LogP contribution is 2.37. The quantitative estimate of drug-likeness (QED) is 0.205. The third-order valence-electron chi connectivity index (χ3n) is 7.51. The molecule has 0 atom stereocenters. The third-order valence-corrected chi connectivity index (χ3v) is 7.51. The van der Waals surface area contributed by atoms with Crippen molar-refractivity contribution in [2.75, 3.05) is 0 Å². The molecule has 0 amide bonds. The first-order valence-electron chi connectivity index (χ1n) is 20.9. The van der Waals surface area contributed by atoms with E-state index in [4.69, 9.17) is 38.6 Å². The Morgan fingerprint density at radius 3 is 2.07 bits per heavy atom. The maximum absolute atomic E-state index is 9.08. The van der Waals surface area contributed by atoms with Gasteiger partial charge in [0.25, 0.3) is 0 Å². The number of rotatable bonds is 4. The lowest BCUT2D eigenvalue weighted by Crippen LogP contribution is -2.00. The molecule has 0 saturated carbocycles. The lowest BCUT2D eigenvalue weighted by Gasteiger charge is -2.11. The number of hydrogen-bond acceptors (Lipinski definition) is 4. The van der Waals surface area contributed by atoms with Crippen molar-refractivity contribution in [2.24, 2.45) is 0 Å². The van der Waals surface area contributed by atoms with Gasteiger partial charge < -0.3 is 4.42 Å². The summed E-state index contributed by atoms with van der Waals surface area (Å²) in [7, 11) is 0. The second kappa shape index (κ2) is 10.2. The minimum Gasteiger partial charge on any atom is -0.456 e. The fourth-order valence-electron chi connectivity index (χ4n) is 5.37. The Bertz CT molecular complexity index is 3320. The second-order valence-electron chi connectivity index (χ2n) is 10.2. The van der Waals surface area contributed by atoms with Crippen LogP contribution in [0, 0.1) is 0 Å². The van der Waals surface area contributed by atoms with Gasteiger partial charge in [0.05, 0.1) is 19.2 Å². The zero-order valence-electron chi connectivity index (χ0n) is 37.1. The lowest BCUT2D eigenvalue weighted by atomic mass is 10.00. The summed E-state index contributed by atoms with van der Waals surface area (Å²) in [5.74, 6) is -0.166. The van der Waals surface area contributed by atoms with Gasteiger partial charge in [-0.05, 0) is 63.0 Å². The topological polar surface area (TPSA) is 51.8 Å². The molecular formula is C41H25N3O. The molecule has 210 valence electrons. The summed E-state index contributed by atoms with van der Waals surface area (Å²) < 4.78 is 124. The monoisotopic (exact) mass is 589 g/mol. The average Bonchev–Trinajstić information content (AvgIpc) is 3.59. The standard InChI is InChI=1S/C41H25N3O/c1-2-9-26(10-3-1)29-18-19-31-25-33(22-20-30(31)23-29)40-42-39(32-21-17-27-11-4-5-12-28(27)24-32)43-41(44-40)35-14-8-16-37-38(35)34-13-6-7-15-36(34)45-37/h1-25H/i1D,2D,3D,4D,5D,6D,9D,10D,12D,14D,15D,16D,17D,21D. The van der Waals surface area contributed by atoms with Gasteiger partial charge in [0, 0.05) is 27.5 Å². The van der Waals surface area contributed by atoms with Crippen LogP contribution in [-0.4, -0.2) is 15.0 Å². The summed E-state index contributed by atoms with van der Waals surface area (Å²) in [6.07, 6.45) is 0. The Morgan fingerprint density at radius 2 is 1.18 bits per heavy atom. The van der Waals surface area contributed by atoms with Crippen LogP contribution in [-0.2, 0) is 0 Å². The van der Waals surface area contributed by atoms with Gasteiger partial charge in [-0.1, -0.05) is 121 Å². The summed E-state index contributed by atoms with van der Waals surface area (Å²) >= 11 is 0. The molecular weight excluding hydrogens is 550 g/mol. The van der Waals surface area contributed by atoms with Gasteiger partial charge in [-0.2, -0.15) is 0 Å². The first kappa shape index (κ1) is 15.0. The molecule has 0 saturated heterocycles. The molecule has 9 aromatic rings. The summed E-state index contributed by atoms with van der Waals surface area (Å²) in [6.45, 7) is 0. The molecule has 0 unspecified atom stereocenters. The van der Waals surface area contributed by atoms with Crippen molar-refractivity contribution < 1.29 is 23.6 Å². The number of nitrogens with zero attached hydrogens (tertiary/aromatic N) is 3. The van der Waals surface area contributed by atoms with Crippen LogP contribution in [0.2, 0.25) is 0 Å². The van der Waals surface area contributed by atoms with E-state index in [-0.39, 0.29) is 133 Å². The Labute approximate surface area is 279 Å². The average molecular weight is 590 g/mol. The first-order chi connectivity index (χ1) is 28.0. The molecule has 0 fully saturated rings. The fourth-order valence-corrected chi connectivity index (χ4v) is 5.37. The molecule has 0 aliphatic heterocycles. The van der Waals surface area contributed by atoms with E-state index in [9.17, 15) is 0 Å². The molecule has 9 rings (SSSR count). The molecule has 0 radical (unpaired) electrons. The van der Waals surface area contributed by atoms with Crippen LogP contribution in [0.1, 0.15) is 19.2 Å². The summed E-state index contributed by atoms with van der Waals surface area (Å²) in [4.78, 5) is 14.3. The molecule has 0 N–H and O–H groups in total. The zero-order valence-corrected chi connectivity index (χ0v) is 23.1. The van der Waals surface area contributed by atoms with Gasteiger partial charge in [-0.3, -0.25) is 0 Å². The van der Waals surface area contributed by atoms with Crippen LogP contribution in [0.5, 0.6) is 0 Å². The van der Waals surface area contributed by atoms with Crippen LogP contribution in [0.25, 0.3) is 88.8 Å². The van der Waals surface area contributed by atoms with E-state index >= 15 is 0 Å². The highest BCUT2D eigenvalue weighted by atomic mass is 16.3. The Morgan fingerprint density at radius 1 is 0.444 bits per heavy atom. The minimum atomic E-state index is -0.495. The van der Waals surface area contributed by atoms with Crippen LogP contribution >= 0.6 is 0 Å². The number of fused-ring (bicyclic) bond motifs is 5. The van der Waals surface area contributed by atoms with Crippen molar-refractivity contribution in [3.05, 3.63) is 151 Å². The van der Waals surface area contributed by atoms with E-state index < -0.39 is 18.1 Å². The van der Waals surface area contributed by atoms with E-state index in [2.05, 4.69) is 0 Å². The van der Waals surface area contributed by atoms with Crippen LogP contribution < -0.4 is 0 Å². The summed E-state index contributed by atoms with van der Waals surface area (Å²) in [6, 6.07) is 12.8. The normalized spacial score (nSPS) is 15.9. The maximum atomic E-state index is 9.08. The van der Waals surface area contributed by atoms with Gasteiger partial charge in [-0.25, -0.2) is 15.0 Å². The van der Waals surface area contributed by atoms with Crippen molar-refractivity contribution in [1.29, 1.82) is 0 Å². The molecule has 4 heteroatoms.